The second kappa shape index (κ2) is 6.29. The molecule has 7 heteroatoms. The number of benzene rings is 2. The van der Waals surface area contributed by atoms with Crippen molar-refractivity contribution < 1.29 is 12.9 Å². The van der Waals surface area contributed by atoms with Crippen LogP contribution in [0.5, 0.6) is 0 Å². The van der Waals surface area contributed by atoms with E-state index >= 15 is 0 Å². The molecule has 0 saturated carbocycles. The molecule has 0 bridgehead atoms. The monoisotopic (exact) mass is 374 g/mol. The maximum Gasteiger partial charge on any atom is 0.243 e. The molecule has 0 amide bonds. The van der Waals surface area contributed by atoms with Crippen LogP contribution in [0, 0.1) is 0 Å². The number of hydrogen-bond donors (Lipinski definition) is 0. The Bertz CT molecular complexity index is 999. The lowest BCUT2D eigenvalue weighted by molar-refractivity contribution is 0.371. The Hall–Kier alpha value is -2.15. The highest BCUT2D eigenvalue weighted by Gasteiger charge is 2.32. The number of fused-ring (bicyclic) bond motifs is 1. The van der Waals surface area contributed by atoms with Gasteiger partial charge in [-0.05, 0) is 42.8 Å². The summed E-state index contributed by atoms with van der Waals surface area (Å²) in [5, 5.41) is 4.75. The maximum atomic E-state index is 12.8. The molecule has 1 aliphatic rings. The van der Waals surface area contributed by atoms with Crippen molar-refractivity contribution in [1.82, 2.24) is 9.46 Å². The predicted molar refractivity (Wildman–Crippen MR) is 94.7 cm³/mol. The van der Waals surface area contributed by atoms with Gasteiger partial charge in [-0.1, -0.05) is 35.0 Å². The summed E-state index contributed by atoms with van der Waals surface area (Å²) in [5.41, 5.74) is 2.51. The second-order valence-electron chi connectivity index (χ2n) is 5.85. The molecule has 0 unspecified atom stereocenters. The van der Waals surface area contributed by atoms with Crippen LogP contribution in [-0.2, 0) is 23.0 Å². The minimum Gasteiger partial charge on any atom is -0.356 e. The Morgan fingerprint density at radius 2 is 1.76 bits per heavy atom. The Morgan fingerprint density at radius 3 is 2.48 bits per heavy atom. The molecule has 0 atom stereocenters. The number of aromatic nitrogens is 1. The van der Waals surface area contributed by atoms with Gasteiger partial charge in [0.15, 0.2) is 5.76 Å². The van der Waals surface area contributed by atoms with E-state index in [-0.39, 0.29) is 6.54 Å². The minimum absolute atomic E-state index is 0.212. The minimum atomic E-state index is -3.53. The summed E-state index contributed by atoms with van der Waals surface area (Å²) in [6, 6.07) is 15.8. The molecule has 4 rings (SSSR count). The van der Waals surface area contributed by atoms with E-state index in [0.717, 1.165) is 11.1 Å². The fraction of sp³-hybridized carbons (Fsp3) is 0.167. The lowest BCUT2D eigenvalue weighted by atomic mass is 10.0. The highest BCUT2D eigenvalue weighted by Crippen LogP contribution is 2.32. The smallest absolute Gasteiger partial charge is 0.243 e. The molecular weight excluding hydrogens is 360 g/mol. The molecule has 5 nitrogen and oxygen atoms in total. The predicted octanol–water partition coefficient (Wildman–Crippen LogP) is 3.74. The van der Waals surface area contributed by atoms with Gasteiger partial charge < -0.3 is 4.52 Å². The van der Waals surface area contributed by atoms with Gasteiger partial charge in [0, 0.05) is 22.7 Å². The third-order valence-corrected chi connectivity index (χ3v) is 6.41. The van der Waals surface area contributed by atoms with Gasteiger partial charge in [-0.2, -0.15) is 4.31 Å². The highest BCUT2D eigenvalue weighted by molar-refractivity contribution is 7.89. The number of hydrogen-bond acceptors (Lipinski definition) is 4. The van der Waals surface area contributed by atoms with Crippen LogP contribution in [0.2, 0.25) is 5.02 Å². The first-order valence-electron chi connectivity index (χ1n) is 7.84. The summed E-state index contributed by atoms with van der Waals surface area (Å²) >= 11 is 5.92. The molecule has 0 aliphatic carbocycles. The number of sulfonamides is 1. The highest BCUT2D eigenvalue weighted by atomic mass is 35.5. The van der Waals surface area contributed by atoms with Crippen molar-refractivity contribution in [1.29, 1.82) is 0 Å². The fourth-order valence-electron chi connectivity index (χ4n) is 2.98. The van der Waals surface area contributed by atoms with Crippen molar-refractivity contribution in [3.05, 3.63) is 70.9 Å². The van der Waals surface area contributed by atoms with Crippen LogP contribution in [0.15, 0.2) is 64.0 Å². The van der Waals surface area contributed by atoms with Crippen molar-refractivity contribution in [2.24, 2.45) is 0 Å². The Morgan fingerprint density at radius 1 is 1.04 bits per heavy atom. The van der Waals surface area contributed by atoms with E-state index in [1.54, 1.807) is 42.5 Å². The van der Waals surface area contributed by atoms with Crippen LogP contribution in [0.25, 0.3) is 11.3 Å². The molecule has 0 saturated heterocycles. The molecule has 2 heterocycles. The van der Waals surface area contributed by atoms with E-state index in [4.69, 9.17) is 16.1 Å². The van der Waals surface area contributed by atoms with Gasteiger partial charge in [-0.3, -0.25) is 0 Å². The van der Waals surface area contributed by atoms with Gasteiger partial charge >= 0.3 is 0 Å². The van der Waals surface area contributed by atoms with E-state index in [0.29, 0.717) is 34.3 Å². The Balaban J connectivity index is 1.64. The van der Waals surface area contributed by atoms with Gasteiger partial charge in [0.05, 0.1) is 11.4 Å². The van der Waals surface area contributed by atoms with Crippen LogP contribution >= 0.6 is 11.6 Å². The first kappa shape index (κ1) is 16.3. The number of nitrogens with zero attached hydrogens (tertiary/aromatic N) is 2. The normalized spacial score (nSPS) is 15.1. The zero-order valence-corrected chi connectivity index (χ0v) is 14.8. The number of halogens is 1. The summed E-state index contributed by atoms with van der Waals surface area (Å²) in [7, 11) is -3.53. The molecule has 1 aliphatic heterocycles. The summed E-state index contributed by atoms with van der Waals surface area (Å²) in [6.45, 7) is 0.607. The zero-order chi connectivity index (χ0) is 17.4. The van der Waals surface area contributed by atoms with Gasteiger partial charge in [0.2, 0.25) is 10.0 Å². The van der Waals surface area contributed by atoms with E-state index in [1.807, 2.05) is 12.1 Å². The Kier molecular flexibility index (Phi) is 4.11. The first-order chi connectivity index (χ1) is 12.1. The largest absolute Gasteiger partial charge is 0.356 e. The fourth-order valence-corrected chi connectivity index (χ4v) is 4.53. The molecule has 25 heavy (non-hydrogen) atoms. The average molecular weight is 375 g/mol. The molecule has 0 radical (unpaired) electrons. The van der Waals surface area contributed by atoms with Crippen molar-refractivity contribution in [3.63, 3.8) is 0 Å². The molecule has 0 N–H and O–H groups in total. The molecule has 128 valence electrons. The van der Waals surface area contributed by atoms with E-state index < -0.39 is 10.0 Å². The molecule has 2 aromatic carbocycles. The molecule has 1 aromatic heterocycles. The average Bonchev–Trinajstić information content (AvgIpc) is 3.06. The van der Waals surface area contributed by atoms with E-state index in [9.17, 15) is 8.42 Å². The molecule has 0 spiro atoms. The summed E-state index contributed by atoms with van der Waals surface area (Å²) in [4.78, 5) is 0.292. The third-order valence-electron chi connectivity index (χ3n) is 4.29. The summed E-state index contributed by atoms with van der Waals surface area (Å²) < 4.78 is 32.5. The maximum absolute atomic E-state index is 12.8. The van der Waals surface area contributed by atoms with Crippen molar-refractivity contribution in [2.75, 3.05) is 6.54 Å². The van der Waals surface area contributed by atoms with Gasteiger partial charge in [-0.25, -0.2) is 8.42 Å². The quantitative estimate of drug-likeness (QED) is 0.700. The standard InChI is InChI=1S/C18H15ClN2O3S/c19-14-8-6-13(7-9-14)18-16-10-11-21(12-17(16)20-24-18)25(22,23)15-4-2-1-3-5-15/h1-9H,10-12H2. The van der Waals surface area contributed by atoms with Crippen LogP contribution in [0.1, 0.15) is 11.3 Å². The van der Waals surface area contributed by atoms with Gasteiger partial charge in [-0.15, -0.1) is 0 Å². The van der Waals surface area contributed by atoms with E-state index in [2.05, 4.69) is 5.16 Å². The first-order valence-corrected chi connectivity index (χ1v) is 9.66. The lowest BCUT2D eigenvalue weighted by Gasteiger charge is -2.25. The van der Waals surface area contributed by atoms with Crippen molar-refractivity contribution in [3.8, 4) is 11.3 Å². The van der Waals surface area contributed by atoms with Gasteiger partial charge in [0.1, 0.15) is 5.69 Å². The molecular formula is C18H15ClN2O3S. The van der Waals surface area contributed by atoms with Crippen molar-refractivity contribution in [2.45, 2.75) is 17.9 Å². The van der Waals surface area contributed by atoms with Crippen molar-refractivity contribution >= 4 is 21.6 Å². The lowest BCUT2D eigenvalue weighted by Crippen LogP contribution is -2.35. The zero-order valence-electron chi connectivity index (χ0n) is 13.2. The summed E-state index contributed by atoms with van der Waals surface area (Å²) in [6.07, 6.45) is 0.558. The van der Waals surface area contributed by atoms with Crippen LogP contribution in [-0.4, -0.2) is 24.4 Å². The molecule has 3 aromatic rings. The second-order valence-corrected chi connectivity index (χ2v) is 8.22. The van der Waals surface area contributed by atoms with E-state index in [1.165, 1.54) is 4.31 Å². The SMILES string of the molecule is O=S(=O)(c1ccccc1)N1CCc2c(noc2-c2ccc(Cl)cc2)C1. The molecule has 0 fully saturated rings. The Labute approximate surface area is 150 Å². The summed E-state index contributed by atoms with van der Waals surface area (Å²) in [5.74, 6) is 0.684. The third kappa shape index (κ3) is 2.97. The van der Waals surface area contributed by atoms with Crippen LogP contribution in [0.4, 0.5) is 0 Å². The van der Waals surface area contributed by atoms with Crippen LogP contribution < -0.4 is 0 Å². The number of rotatable bonds is 3. The topological polar surface area (TPSA) is 63.4 Å². The van der Waals surface area contributed by atoms with Gasteiger partial charge in [0.25, 0.3) is 0 Å². The van der Waals surface area contributed by atoms with Crippen LogP contribution in [0.3, 0.4) is 0 Å².